The van der Waals surface area contributed by atoms with E-state index in [1.54, 1.807) is 0 Å². The summed E-state index contributed by atoms with van der Waals surface area (Å²) >= 11 is 0. The Morgan fingerprint density at radius 2 is 2.64 bits per heavy atom. The zero-order valence-corrected chi connectivity index (χ0v) is 6.21. The molecule has 0 bridgehead atoms. The molecule has 4 N–H and O–H groups in total. The lowest BCUT2D eigenvalue weighted by molar-refractivity contribution is -0.138. The van der Waals surface area contributed by atoms with Crippen LogP contribution in [0.3, 0.4) is 0 Å². The van der Waals surface area contributed by atoms with Crippen molar-refractivity contribution in [2.45, 2.75) is 18.9 Å². The number of carbonyl (C=O) groups is 1. The highest BCUT2D eigenvalue weighted by atomic mass is 16.4. The molecular weight excluding hydrogens is 144 g/mol. The predicted molar refractivity (Wildman–Crippen MR) is 40.9 cm³/mol. The van der Waals surface area contributed by atoms with Gasteiger partial charge in [0.05, 0.1) is 0 Å². The summed E-state index contributed by atoms with van der Waals surface area (Å²) in [6, 6.07) is -0.749. The van der Waals surface area contributed by atoms with E-state index in [2.05, 4.69) is 5.32 Å². The van der Waals surface area contributed by atoms with Gasteiger partial charge in [0, 0.05) is 6.54 Å². The van der Waals surface area contributed by atoms with Crippen molar-refractivity contribution in [2.24, 2.45) is 5.73 Å². The Kier molecular flexibility index (Phi) is 2.48. The van der Waals surface area contributed by atoms with E-state index in [1.807, 2.05) is 6.20 Å². The molecule has 1 aliphatic rings. The highest BCUT2D eigenvalue weighted by Gasteiger charge is 2.14. The summed E-state index contributed by atoms with van der Waals surface area (Å²) in [4.78, 5) is 10.3. The van der Waals surface area contributed by atoms with Crippen LogP contribution in [0.2, 0.25) is 0 Å². The monoisotopic (exact) mass is 156 g/mol. The van der Waals surface area contributed by atoms with E-state index in [1.165, 1.54) is 0 Å². The third kappa shape index (κ3) is 2.23. The second-order valence-corrected chi connectivity index (χ2v) is 2.66. The van der Waals surface area contributed by atoms with E-state index >= 15 is 0 Å². The molecule has 0 aliphatic carbocycles. The first-order chi connectivity index (χ1) is 5.20. The summed E-state index contributed by atoms with van der Waals surface area (Å²) in [5, 5.41) is 11.5. The lowest BCUT2D eigenvalue weighted by Gasteiger charge is -2.04. The molecule has 1 unspecified atom stereocenters. The Morgan fingerprint density at radius 3 is 3.09 bits per heavy atom. The van der Waals surface area contributed by atoms with Crippen LogP contribution in [0.15, 0.2) is 11.8 Å². The molecule has 0 saturated carbocycles. The minimum Gasteiger partial charge on any atom is -0.480 e. The molecule has 11 heavy (non-hydrogen) atoms. The molecule has 1 rings (SSSR count). The number of rotatable bonds is 3. The van der Waals surface area contributed by atoms with Crippen molar-refractivity contribution >= 4 is 5.97 Å². The number of nitrogens with two attached hydrogens (primary N) is 1. The van der Waals surface area contributed by atoms with Crippen molar-refractivity contribution < 1.29 is 9.90 Å². The highest BCUT2D eigenvalue weighted by Crippen LogP contribution is 2.11. The topological polar surface area (TPSA) is 75.3 Å². The maximum Gasteiger partial charge on any atom is 0.320 e. The van der Waals surface area contributed by atoms with Crippen LogP contribution >= 0.6 is 0 Å². The van der Waals surface area contributed by atoms with Crippen molar-refractivity contribution in [2.75, 3.05) is 6.54 Å². The van der Waals surface area contributed by atoms with Gasteiger partial charge in [0.2, 0.25) is 0 Å². The van der Waals surface area contributed by atoms with Gasteiger partial charge in [-0.1, -0.05) is 5.57 Å². The maximum atomic E-state index is 10.3. The summed E-state index contributed by atoms with van der Waals surface area (Å²) in [5.74, 6) is -0.933. The molecule has 0 radical (unpaired) electrons. The molecule has 1 atom stereocenters. The molecular formula is C7H12N2O2. The number of hydrogen-bond acceptors (Lipinski definition) is 3. The molecule has 1 heterocycles. The summed E-state index contributed by atoms with van der Waals surface area (Å²) in [7, 11) is 0. The number of carboxylic acid groups (broad SMARTS) is 1. The van der Waals surface area contributed by atoms with E-state index in [9.17, 15) is 4.79 Å². The average Bonchev–Trinajstić information content (AvgIpc) is 2.39. The van der Waals surface area contributed by atoms with E-state index in [0.29, 0.717) is 6.42 Å². The van der Waals surface area contributed by atoms with Gasteiger partial charge in [0.25, 0.3) is 0 Å². The van der Waals surface area contributed by atoms with Crippen molar-refractivity contribution in [1.29, 1.82) is 0 Å². The molecule has 1 aliphatic heterocycles. The van der Waals surface area contributed by atoms with Crippen LogP contribution in [-0.4, -0.2) is 23.7 Å². The van der Waals surface area contributed by atoms with Gasteiger partial charge < -0.3 is 16.2 Å². The van der Waals surface area contributed by atoms with E-state index in [-0.39, 0.29) is 0 Å². The van der Waals surface area contributed by atoms with Gasteiger partial charge in [-0.3, -0.25) is 4.79 Å². The lowest BCUT2D eigenvalue weighted by Crippen LogP contribution is -2.30. The summed E-state index contributed by atoms with van der Waals surface area (Å²) in [6.45, 7) is 0.904. The van der Waals surface area contributed by atoms with E-state index in [0.717, 1.165) is 18.5 Å². The molecule has 0 spiro atoms. The Balaban J connectivity index is 2.35. The first-order valence-corrected chi connectivity index (χ1v) is 3.60. The Bertz CT molecular complexity index is 189. The summed E-state index contributed by atoms with van der Waals surface area (Å²) < 4.78 is 0. The molecule has 0 aromatic heterocycles. The van der Waals surface area contributed by atoms with Gasteiger partial charge >= 0.3 is 5.97 Å². The number of aliphatic carboxylic acids is 1. The van der Waals surface area contributed by atoms with Gasteiger partial charge in [-0.2, -0.15) is 0 Å². The third-order valence-electron chi connectivity index (χ3n) is 1.70. The predicted octanol–water partition coefficient (Wildman–Crippen LogP) is -0.334. The first-order valence-electron chi connectivity index (χ1n) is 3.60. The summed E-state index contributed by atoms with van der Waals surface area (Å²) in [5.41, 5.74) is 6.43. The largest absolute Gasteiger partial charge is 0.480 e. The fraction of sp³-hybridized carbons (Fsp3) is 0.571. The zero-order valence-electron chi connectivity index (χ0n) is 6.21. The van der Waals surface area contributed by atoms with Crippen molar-refractivity contribution in [3.8, 4) is 0 Å². The lowest BCUT2D eigenvalue weighted by atomic mass is 10.1. The standard InChI is InChI=1S/C7H12N2O2/c8-6(7(10)11)3-5-1-2-9-4-5/h4,6,9H,1-3,8H2,(H,10,11). The highest BCUT2D eigenvalue weighted by molar-refractivity contribution is 5.73. The quantitative estimate of drug-likeness (QED) is 0.522. The van der Waals surface area contributed by atoms with E-state index in [4.69, 9.17) is 10.8 Å². The molecule has 0 aromatic rings. The molecule has 0 saturated heterocycles. The number of carboxylic acids is 1. The molecule has 0 amide bonds. The van der Waals surface area contributed by atoms with Crippen LogP contribution in [0.1, 0.15) is 12.8 Å². The van der Waals surface area contributed by atoms with Gasteiger partial charge in [-0.05, 0) is 19.0 Å². The maximum absolute atomic E-state index is 10.3. The smallest absolute Gasteiger partial charge is 0.320 e. The van der Waals surface area contributed by atoms with Crippen LogP contribution < -0.4 is 11.1 Å². The van der Waals surface area contributed by atoms with Crippen molar-refractivity contribution in [3.05, 3.63) is 11.8 Å². The first kappa shape index (κ1) is 8.07. The average molecular weight is 156 g/mol. The molecule has 0 fully saturated rings. The molecule has 4 nitrogen and oxygen atoms in total. The van der Waals surface area contributed by atoms with Crippen LogP contribution in [0, 0.1) is 0 Å². The van der Waals surface area contributed by atoms with Crippen LogP contribution in [0.25, 0.3) is 0 Å². The second-order valence-electron chi connectivity index (χ2n) is 2.66. The van der Waals surface area contributed by atoms with Gasteiger partial charge in [-0.15, -0.1) is 0 Å². The van der Waals surface area contributed by atoms with Crippen molar-refractivity contribution in [3.63, 3.8) is 0 Å². The van der Waals surface area contributed by atoms with Crippen molar-refractivity contribution in [1.82, 2.24) is 5.32 Å². The molecule has 4 heteroatoms. The fourth-order valence-electron chi connectivity index (χ4n) is 1.05. The van der Waals surface area contributed by atoms with E-state index < -0.39 is 12.0 Å². The van der Waals surface area contributed by atoms with Crippen LogP contribution in [-0.2, 0) is 4.79 Å². The number of nitrogens with one attached hydrogen (secondary N) is 1. The fourth-order valence-corrected chi connectivity index (χ4v) is 1.05. The van der Waals surface area contributed by atoms with Gasteiger partial charge in [-0.25, -0.2) is 0 Å². The third-order valence-corrected chi connectivity index (χ3v) is 1.70. The normalized spacial score (nSPS) is 18.8. The van der Waals surface area contributed by atoms with Gasteiger partial charge in [0.1, 0.15) is 6.04 Å². The number of hydrogen-bond donors (Lipinski definition) is 3. The SMILES string of the molecule is NC(CC1=CNCC1)C(=O)O. The molecule has 62 valence electrons. The minimum absolute atomic E-state index is 0.461. The Morgan fingerprint density at radius 1 is 1.91 bits per heavy atom. The zero-order chi connectivity index (χ0) is 8.27. The van der Waals surface area contributed by atoms with Gasteiger partial charge in [0.15, 0.2) is 0 Å². The van der Waals surface area contributed by atoms with Crippen LogP contribution in [0.4, 0.5) is 0 Å². The second kappa shape index (κ2) is 3.39. The minimum atomic E-state index is -0.933. The Labute approximate surface area is 65.1 Å². The Hall–Kier alpha value is -1.03. The molecule has 0 aromatic carbocycles. The van der Waals surface area contributed by atoms with Crippen LogP contribution in [0.5, 0.6) is 0 Å². The summed E-state index contributed by atoms with van der Waals surface area (Å²) in [6.07, 6.45) is 3.23.